The maximum Gasteiger partial charge on any atom is 0.227 e. The molecule has 0 radical (unpaired) electrons. The molecule has 0 spiro atoms. The highest BCUT2D eigenvalue weighted by Gasteiger charge is 2.13. The molecule has 0 saturated carbocycles. The number of ketones is 1. The van der Waals surface area contributed by atoms with Crippen molar-refractivity contribution in [2.24, 2.45) is 0 Å². The lowest BCUT2D eigenvalue weighted by atomic mass is 10.1. The van der Waals surface area contributed by atoms with Gasteiger partial charge >= 0.3 is 0 Å². The molecule has 1 heterocycles. The Labute approximate surface area is 104 Å². The lowest BCUT2D eigenvalue weighted by Crippen LogP contribution is -1.99. The molecule has 17 heavy (non-hydrogen) atoms. The van der Waals surface area contributed by atoms with Crippen LogP contribution in [-0.2, 0) is 11.3 Å². The predicted octanol–water partition coefficient (Wildman–Crippen LogP) is 2.65. The number of aryl methyl sites for hydroxylation is 1. The number of carbonyl (C=O) groups excluding carboxylic acids is 2. The van der Waals surface area contributed by atoms with Gasteiger partial charge < -0.3 is 4.57 Å². The fourth-order valence-electron chi connectivity index (χ4n) is 1.92. The van der Waals surface area contributed by atoms with Crippen molar-refractivity contribution in [2.75, 3.05) is 5.88 Å². The number of para-hydroxylation sites is 1. The van der Waals surface area contributed by atoms with E-state index >= 15 is 0 Å². The van der Waals surface area contributed by atoms with Gasteiger partial charge in [-0.25, -0.2) is 0 Å². The van der Waals surface area contributed by atoms with Crippen molar-refractivity contribution >= 4 is 34.6 Å². The van der Waals surface area contributed by atoms with E-state index in [0.29, 0.717) is 17.7 Å². The number of fused-ring (bicyclic) bond motifs is 1. The third-order valence-electron chi connectivity index (χ3n) is 2.69. The Kier molecular flexibility index (Phi) is 3.59. The molecule has 0 N–H and O–H groups in total. The Morgan fingerprint density at radius 3 is 2.82 bits per heavy atom. The molecule has 2 aromatic rings. The number of alkyl halides is 1. The van der Waals surface area contributed by atoms with Crippen LogP contribution in [0.2, 0.25) is 0 Å². The number of halogens is 1. The van der Waals surface area contributed by atoms with Gasteiger partial charge in [0.1, 0.15) is 0 Å². The molecule has 4 heteroatoms. The highest BCUT2D eigenvalue weighted by molar-refractivity contribution is 6.36. The third kappa shape index (κ3) is 2.24. The fourth-order valence-corrected chi connectivity index (χ4v) is 2.04. The molecular formula is C13H12ClNO2. The van der Waals surface area contributed by atoms with Crippen LogP contribution in [0.5, 0.6) is 0 Å². The van der Waals surface area contributed by atoms with Gasteiger partial charge in [-0.05, 0) is 12.5 Å². The summed E-state index contributed by atoms with van der Waals surface area (Å²) >= 11 is 5.66. The molecule has 0 saturated heterocycles. The average molecular weight is 250 g/mol. The molecule has 1 aromatic heterocycles. The minimum absolute atomic E-state index is 0.355. The summed E-state index contributed by atoms with van der Waals surface area (Å²) in [6.07, 6.45) is 2.91. The third-order valence-corrected chi connectivity index (χ3v) is 2.96. The van der Waals surface area contributed by atoms with Crippen molar-refractivity contribution in [3.05, 3.63) is 36.0 Å². The Morgan fingerprint density at radius 2 is 2.12 bits per heavy atom. The minimum atomic E-state index is -0.481. The van der Waals surface area contributed by atoms with Gasteiger partial charge in [0.25, 0.3) is 0 Å². The summed E-state index contributed by atoms with van der Waals surface area (Å²) in [6, 6.07) is 7.55. The first-order valence-electron chi connectivity index (χ1n) is 5.41. The summed E-state index contributed by atoms with van der Waals surface area (Å²) in [7, 11) is 0. The van der Waals surface area contributed by atoms with Crippen molar-refractivity contribution in [1.29, 1.82) is 0 Å². The molecule has 0 atom stereocenters. The topological polar surface area (TPSA) is 39.1 Å². The van der Waals surface area contributed by atoms with Gasteiger partial charge in [0.05, 0.1) is 5.56 Å². The monoisotopic (exact) mass is 249 g/mol. The van der Waals surface area contributed by atoms with Gasteiger partial charge in [0.2, 0.25) is 5.78 Å². The van der Waals surface area contributed by atoms with Crippen molar-refractivity contribution in [2.45, 2.75) is 13.0 Å². The maximum absolute atomic E-state index is 11.5. The van der Waals surface area contributed by atoms with Crippen LogP contribution in [0, 0.1) is 0 Å². The lowest BCUT2D eigenvalue weighted by Gasteiger charge is -2.02. The zero-order valence-corrected chi connectivity index (χ0v) is 9.98. The van der Waals surface area contributed by atoms with Crippen LogP contribution in [0.4, 0.5) is 0 Å². The van der Waals surface area contributed by atoms with E-state index in [9.17, 15) is 9.59 Å². The lowest BCUT2D eigenvalue weighted by molar-refractivity contribution is -0.104. The highest BCUT2D eigenvalue weighted by atomic mass is 35.5. The Hall–Kier alpha value is -1.61. The summed E-state index contributed by atoms with van der Waals surface area (Å²) in [6.45, 7) is 0.746. The average Bonchev–Trinajstić information content (AvgIpc) is 2.74. The quantitative estimate of drug-likeness (QED) is 0.354. The molecule has 3 nitrogen and oxygen atoms in total. The van der Waals surface area contributed by atoms with Crippen LogP contribution in [0.25, 0.3) is 10.9 Å². The number of aromatic nitrogens is 1. The first kappa shape index (κ1) is 11.9. The van der Waals surface area contributed by atoms with Crippen molar-refractivity contribution < 1.29 is 9.59 Å². The molecule has 0 aliphatic carbocycles. The van der Waals surface area contributed by atoms with Crippen LogP contribution in [0.1, 0.15) is 16.8 Å². The molecule has 0 bridgehead atoms. The van der Waals surface area contributed by atoms with Crippen LogP contribution in [-0.4, -0.2) is 22.5 Å². The predicted molar refractivity (Wildman–Crippen MR) is 67.7 cm³/mol. The minimum Gasteiger partial charge on any atom is -0.347 e. The van der Waals surface area contributed by atoms with E-state index in [1.807, 2.05) is 28.8 Å². The highest BCUT2D eigenvalue weighted by Crippen LogP contribution is 2.21. The summed E-state index contributed by atoms with van der Waals surface area (Å²) in [4.78, 5) is 22.1. The molecular weight excluding hydrogens is 238 g/mol. The Balaban J connectivity index is 2.54. The van der Waals surface area contributed by atoms with Gasteiger partial charge in [0.15, 0.2) is 6.29 Å². The zero-order valence-electron chi connectivity index (χ0n) is 9.23. The summed E-state index contributed by atoms with van der Waals surface area (Å²) < 4.78 is 1.97. The molecule has 2 rings (SSSR count). The Morgan fingerprint density at radius 1 is 1.35 bits per heavy atom. The standard InChI is InChI=1S/C13H12ClNO2/c14-6-3-7-15-8-11(13(17)9-16)10-4-1-2-5-12(10)15/h1-2,4-5,8-9H,3,6-7H2. The van der Waals surface area contributed by atoms with Crippen molar-refractivity contribution in [1.82, 2.24) is 4.57 Å². The fraction of sp³-hybridized carbons (Fsp3) is 0.231. The maximum atomic E-state index is 11.5. The Bertz CT molecular complexity index is 560. The van der Waals surface area contributed by atoms with E-state index in [4.69, 9.17) is 11.6 Å². The zero-order chi connectivity index (χ0) is 12.3. The second kappa shape index (κ2) is 5.15. The van der Waals surface area contributed by atoms with Gasteiger partial charge in [-0.2, -0.15) is 0 Å². The molecule has 0 aliphatic rings. The smallest absolute Gasteiger partial charge is 0.227 e. The molecule has 0 fully saturated rings. The largest absolute Gasteiger partial charge is 0.347 e. The van der Waals surface area contributed by atoms with E-state index in [1.54, 1.807) is 6.20 Å². The van der Waals surface area contributed by atoms with E-state index in [1.165, 1.54) is 0 Å². The van der Waals surface area contributed by atoms with Crippen molar-refractivity contribution in [3.8, 4) is 0 Å². The number of benzene rings is 1. The van der Waals surface area contributed by atoms with E-state index in [-0.39, 0.29) is 0 Å². The van der Waals surface area contributed by atoms with Crippen LogP contribution in [0.15, 0.2) is 30.5 Å². The number of aldehydes is 1. The SMILES string of the molecule is O=CC(=O)c1cn(CCCCl)c2ccccc12. The molecule has 88 valence electrons. The molecule has 0 amide bonds. The normalized spacial score (nSPS) is 10.6. The number of hydrogen-bond acceptors (Lipinski definition) is 2. The number of rotatable bonds is 5. The van der Waals surface area contributed by atoms with E-state index in [2.05, 4.69) is 0 Å². The number of carbonyl (C=O) groups is 2. The molecule has 0 aliphatic heterocycles. The van der Waals surface area contributed by atoms with Crippen LogP contribution in [0.3, 0.4) is 0 Å². The van der Waals surface area contributed by atoms with Gasteiger partial charge in [-0.1, -0.05) is 18.2 Å². The number of Topliss-reactive ketones (excluding diaryl/α,β-unsaturated/α-hetero) is 1. The second-order valence-electron chi connectivity index (χ2n) is 3.78. The van der Waals surface area contributed by atoms with E-state index in [0.717, 1.165) is 23.9 Å². The van der Waals surface area contributed by atoms with Gasteiger partial charge in [-0.3, -0.25) is 9.59 Å². The first-order chi connectivity index (χ1) is 8.27. The summed E-state index contributed by atoms with van der Waals surface area (Å²) in [5.74, 6) is 0.0922. The first-order valence-corrected chi connectivity index (χ1v) is 5.94. The molecule has 1 aromatic carbocycles. The van der Waals surface area contributed by atoms with Gasteiger partial charge in [-0.15, -0.1) is 11.6 Å². The second-order valence-corrected chi connectivity index (χ2v) is 4.16. The number of hydrogen-bond donors (Lipinski definition) is 0. The van der Waals surface area contributed by atoms with Crippen molar-refractivity contribution in [3.63, 3.8) is 0 Å². The summed E-state index contributed by atoms with van der Waals surface area (Å²) in [5.41, 5.74) is 1.42. The molecule has 0 unspecified atom stereocenters. The van der Waals surface area contributed by atoms with E-state index < -0.39 is 5.78 Å². The number of nitrogens with zero attached hydrogens (tertiary/aromatic N) is 1. The van der Waals surface area contributed by atoms with Gasteiger partial charge in [0, 0.05) is 29.5 Å². The van der Waals surface area contributed by atoms with Crippen LogP contribution >= 0.6 is 11.6 Å². The van der Waals surface area contributed by atoms with Crippen LogP contribution < -0.4 is 0 Å². The summed E-state index contributed by atoms with van der Waals surface area (Å²) in [5, 5.41) is 0.819.